The van der Waals surface area contributed by atoms with E-state index in [1.165, 1.54) is 10.4 Å². The molecule has 2 rings (SSSR count). The van der Waals surface area contributed by atoms with Crippen LogP contribution in [0.15, 0.2) is 35.5 Å². The van der Waals surface area contributed by atoms with E-state index >= 15 is 0 Å². The summed E-state index contributed by atoms with van der Waals surface area (Å²) in [5, 5.41) is 11.1. The first kappa shape index (κ1) is 13.1. The van der Waals surface area contributed by atoms with Gasteiger partial charge in [-0.25, -0.2) is 4.99 Å². The molecule has 6 heteroatoms. The zero-order valence-electron chi connectivity index (χ0n) is 11.2. The number of anilines is 1. The molecule has 3 N–H and O–H groups in total. The van der Waals surface area contributed by atoms with E-state index in [-0.39, 0.29) is 0 Å². The van der Waals surface area contributed by atoms with Crippen molar-refractivity contribution in [1.29, 1.82) is 0 Å². The van der Waals surface area contributed by atoms with Crippen molar-refractivity contribution in [3.8, 4) is 0 Å². The second-order valence-electron chi connectivity index (χ2n) is 4.20. The minimum Gasteiger partial charge on any atom is -0.370 e. The predicted octanol–water partition coefficient (Wildman–Crippen LogP) is 1.30. The molecule has 0 aliphatic carbocycles. The van der Waals surface area contributed by atoms with Crippen LogP contribution in [-0.4, -0.2) is 21.0 Å². The number of aliphatic imine (C=N–C) groups is 1. The van der Waals surface area contributed by atoms with Crippen LogP contribution in [-0.2, 0) is 20.0 Å². The smallest absolute Gasteiger partial charge is 0.193 e. The number of hydrogen-bond donors (Lipinski definition) is 2. The maximum atomic E-state index is 5.81. The van der Waals surface area contributed by atoms with E-state index < -0.39 is 0 Å². The number of aryl methyl sites for hydroxylation is 2. The molecule has 2 aromatic rings. The normalized spacial score (nSPS) is 11.6. The third-order valence-corrected chi connectivity index (χ3v) is 2.69. The Kier molecular flexibility index (Phi) is 4.12. The fourth-order valence-corrected chi connectivity index (χ4v) is 1.64. The summed E-state index contributed by atoms with van der Waals surface area (Å²) in [6, 6.07) is 8.11. The van der Waals surface area contributed by atoms with Crippen molar-refractivity contribution in [2.75, 3.05) is 5.32 Å². The summed E-state index contributed by atoms with van der Waals surface area (Å²) in [7, 11) is 1.77. The fourth-order valence-electron chi connectivity index (χ4n) is 1.64. The molecule has 1 aromatic heterocycles. The molecule has 19 heavy (non-hydrogen) atoms. The number of nitrogens with one attached hydrogen (secondary N) is 1. The standard InChI is InChI=1S/C13H18N6/c1-3-10-4-6-11(7-5-10)17-13(14)15-8-12-9-16-19(2)18-12/h4-7,9H,3,8H2,1-2H3,(H3,14,15,17). The Balaban J connectivity index is 1.93. The van der Waals surface area contributed by atoms with Crippen LogP contribution in [0.2, 0.25) is 0 Å². The van der Waals surface area contributed by atoms with Gasteiger partial charge in [-0.2, -0.15) is 15.0 Å². The summed E-state index contributed by atoms with van der Waals surface area (Å²) >= 11 is 0. The van der Waals surface area contributed by atoms with E-state index in [0.717, 1.165) is 17.8 Å². The lowest BCUT2D eigenvalue weighted by molar-refractivity contribution is 0.645. The largest absolute Gasteiger partial charge is 0.370 e. The van der Waals surface area contributed by atoms with Crippen LogP contribution in [0.3, 0.4) is 0 Å². The van der Waals surface area contributed by atoms with Crippen molar-refractivity contribution in [2.24, 2.45) is 17.8 Å². The summed E-state index contributed by atoms with van der Waals surface area (Å²) < 4.78 is 0. The van der Waals surface area contributed by atoms with Gasteiger partial charge in [-0.3, -0.25) is 0 Å². The Morgan fingerprint density at radius 2 is 2.11 bits per heavy atom. The first-order valence-corrected chi connectivity index (χ1v) is 6.18. The van der Waals surface area contributed by atoms with Crippen molar-refractivity contribution >= 4 is 11.6 Å². The summed E-state index contributed by atoms with van der Waals surface area (Å²) in [5.41, 5.74) is 8.82. The van der Waals surface area contributed by atoms with Crippen LogP contribution in [0.4, 0.5) is 5.69 Å². The molecule has 100 valence electrons. The zero-order valence-corrected chi connectivity index (χ0v) is 11.2. The zero-order chi connectivity index (χ0) is 13.7. The number of guanidine groups is 1. The highest BCUT2D eigenvalue weighted by atomic mass is 15.4. The second-order valence-corrected chi connectivity index (χ2v) is 4.20. The summed E-state index contributed by atoms with van der Waals surface area (Å²) in [6.07, 6.45) is 2.70. The quantitative estimate of drug-likeness (QED) is 0.640. The number of nitrogens with zero attached hydrogens (tertiary/aromatic N) is 4. The molecule has 0 saturated heterocycles. The Morgan fingerprint density at radius 1 is 1.37 bits per heavy atom. The van der Waals surface area contributed by atoms with Crippen LogP contribution in [0, 0.1) is 0 Å². The average Bonchev–Trinajstić information content (AvgIpc) is 2.83. The van der Waals surface area contributed by atoms with Crippen molar-refractivity contribution in [2.45, 2.75) is 19.9 Å². The number of benzene rings is 1. The molecule has 6 nitrogen and oxygen atoms in total. The van der Waals surface area contributed by atoms with Gasteiger partial charge in [0.2, 0.25) is 0 Å². The minimum absolute atomic E-state index is 0.370. The number of aromatic nitrogens is 3. The Bertz CT molecular complexity index is 555. The first-order chi connectivity index (χ1) is 9.17. The molecule has 0 amide bonds. The van der Waals surface area contributed by atoms with Crippen LogP contribution in [0.5, 0.6) is 0 Å². The van der Waals surface area contributed by atoms with Gasteiger partial charge in [0, 0.05) is 12.7 Å². The molecule has 0 saturated carbocycles. The lowest BCUT2D eigenvalue weighted by Gasteiger charge is -2.05. The minimum atomic E-state index is 0.370. The van der Waals surface area contributed by atoms with Crippen molar-refractivity contribution in [3.05, 3.63) is 41.7 Å². The maximum Gasteiger partial charge on any atom is 0.193 e. The van der Waals surface area contributed by atoms with Crippen LogP contribution in [0.1, 0.15) is 18.2 Å². The molecule has 0 fully saturated rings. The number of nitrogens with two attached hydrogens (primary N) is 1. The van der Waals surface area contributed by atoms with Gasteiger partial charge in [0.05, 0.1) is 12.7 Å². The molecule has 0 aliphatic heterocycles. The van der Waals surface area contributed by atoms with E-state index in [1.54, 1.807) is 13.2 Å². The summed E-state index contributed by atoms with van der Waals surface area (Å²) in [5.74, 6) is 0.370. The highest BCUT2D eigenvalue weighted by molar-refractivity contribution is 5.92. The Morgan fingerprint density at radius 3 is 2.68 bits per heavy atom. The van der Waals surface area contributed by atoms with Crippen molar-refractivity contribution in [3.63, 3.8) is 0 Å². The van der Waals surface area contributed by atoms with E-state index in [4.69, 9.17) is 5.73 Å². The molecular formula is C13H18N6. The van der Waals surface area contributed by atoms with Crippen LogP contribution < -0.4 is 11.1 Å². The first-order valence-electron chi connectivity index (χ1n) is 6.18. The van der Waals surface area contributed by atoms with Crippen LogP contribution in [0.25, 0.3) is 0 Å². The van der Waals surface area contributed by atoms with Gasteiger partial charge in [0.25, 0.3) is 0 Å². The lowest BCUT2D eigenvalue weighted by Crippen LogP contribution is -2.22. The molecule has 0 aliphatic rings. The second kappa shape index (κ2) is 5.99. The van der Waals surface area contributed by atoms with Gasteiger partial charge >= 0.3 is 0 Å². The molecule has 0 atom stereocenters. The van der Waals surface area contributed by atoms with Gasteiger partial charge in [-0.15, -0.1) is 0 Å². The number of rotatable bonds is 4. The van der Waals surface area contributed by atoms with E-state index in [0.29, 0.717) is 12.5 Å². The molecule has 0 spiro atoms. The Hall–Kier alpha value is -2.37. The lowest BCUT2D eigenvalue weighted by atomic mass is 10.1. The average molecular weight is 258 g/mol. The van der Waals surface area contributed by atoms with Crippen LogP contribution >= 0.6 is 0 Å². The van der Waals surface area contributed by atoms with Gasteiger partial charge < -0.3 is 11.1 Å². The highest BCUT2D eigenvalue weighted by Gasteiger charge is 1.98. The van der Waals surface area contributed by atoms with Crippen molar-refractivity contribution in [1.82, 2.24) is 15.0 Å². The highest BCUT2D eigenvalue weighted by Crippen LogP contribution is 2.09. The van der Waals surface area contributed by atoms with Gasteiger partial charge in [0.15, 0.2) is 5.96 Å². The van der Waals surface area contributed by atoms with E-state index in [9.17, 15) is 0 Å². The number of hydrogen-bond acceptors (Lipinski definition) is 3. The summed E-state index contributed by atoms with van der Waals surface area (Å²) in [6.45, 7) is 2.54. The van der Waals surface area contributed by atoms with Gasteiger partial charge in [0.1, 0.15) is 5.69 Å². The fraction of sp³-hybridized carbons (Fsp3) is 0.308. The Labute approximate surface area is 112 Å². The molecule has 0 bridgehead atoms. The third-order valence-electron chi connectivity index (χ3n) is 2.69. The van der Waals surface area contributed by atoms with Crippen molar-refractivity contribution < 1.29 is 0 Å². The maximum absolute atomic E-state index is 5.81. The SMILES string of the molecule is CCc1ccc(NC(N)=NCc2cnn(C)n2)cc1. The third kappa shape index (κ3) is 3.80. The topological polar surface area (TPSA) is 81.1 Å². The molecule has 0 unspecified atom stereocenters. The van der Waals surface area contributed by atoms with Gasteiger partial charge in [-0.05, 0) is 24.1 Å². The molecule has 1 heterocycles. The van der Waals surface area contributed by atoms with E-state index in [1.807, 2.05) is 12.1 Å². The predicted molar refractivity (Wildman–Crippen MR) is 75.8 cm³/mol. The molecule has 1 aromatic carbocycles. The molecule has 0 radical (unpaired) electrons. The monoisotopic (exact) mass is 258 g/mol. The van der Waals surface area contributed by atoms with Gasteiger partial charge in [-0.1, -0.05) is 19.1 Å². The molecular weight excluding hydrogens is 240 g/mol. The summed E-state index contributed by atoms with van der Waals surface area (Å²) in [4.78, 5) is 5.71. The van der Waals surface area contributed by atoms with E-state index in [2.05, 4.69) is 39.6 Å².